The van der Waals surface area contributed by atoms with Gasteiger partial charge in [0, 0.05) is 25.0 Å². The molecule has 2 atom stereocenters. The highest BCUT2D eigenvalue weighted by Crippen LogP contribution is 2.30. The van der Waals surface area contributed by atoms with Crippen molar-refractivity contribution in [2.45, 2.75) is 59.0 Å². The van der Waals surface area contributed by atoms with Crippen molar-refractivity contribution in [2.75, 3.05) is 6.54 Å². The summed E-state index contributed by atoms with van der Waals surface area (Å²) in [5, 5.41) is 3.61. The summed E-state index contributed by atoms with van der Waals surface area (Å²) < 4.78 is 2.41. The lowest BCUT2D eigenvalue weighted by atomic mass is 9.91. The first-order valence-electron chi connectivity index (χ1n) is 7.16. The summed E-state index contributed by atoms with van der Waals surface area (Å²) in [5.74, 6) is 0.779. The molecule has 1 aliphatic rings. The molecule has 0 saturated heterocycles. The number of nitrogens with zero attached hydrogens (tertiary/aromatic N) is 1. The Morgan fingerprint density at radius 2 is 2.24 bits per heavy atom. The number of fused-ring (bicyclic) bond motifs is 1. The van der Waals surface area contributed by atoms with E-state index < -0.39 is 0 Å². The first-order chi connectivity index (χ1) is 8.24. The molecule has 0 aliphatic heterocycles. The topological polar surface area (TPSA) is 17.0 Å². The highest BCUT2D eigenvalue weighted by Gasteiger charge is 2.21. The number of rotatable bonds is 5. The second-order valence-corrected chi connectivity index (χ2v) is 5.45. The smallest absolute Gasteiger partial charge is 0.0338 e. The van der Waals surface area contributed by atoms with Crippen molar-refractivity contribution in [3.8, 4) is 0 Å². The summed E-state index contributed by atoms with van der Waals surface area (Å²) in [6.07, 6.45) is 9.93. The highest BCUT2D eigenvalue weighted by molar-refractivity contribution is 5.30. The fraction of sp³-hybridized carbons (Fsp3) is 0.733. The van der Waals surface area contributed by atoms with Gasteiger partial charge in [0.15, 0.2) is 0 Å². The van der Waals surface area contributed by atoms with E-state index in [4.69, 9.17) is 0 Å². The van der Waals surface area contributed by atoms with Crippen LogP contribution in [-0.2, 0) is 13.0 Å². The Hall–Kier alpha value is -0.760. The van der Waals surface area contributed by atoms with Crippen molar-refractivity contribution in [3.05, 3.63) is 23.5 Å². The molecule has 2 nitrogen and oxygen atoms in total. The molecule has 17 heavy (non-hydrogen) atoms. The van der Waals surface area contributed by atoms with Gasteiger partial charge in [-0.15, -0.1) is 0 Å². The summed E-state index contributed by atoms with van der Waals surface area (Å²) >= 11 is 0. The maximum absolute atomic E-state index is 3.61. The molecule has 96 valence electrons. The Bertz CT molecular complexity index is 354. The van der Waals surface area contributed by atoms with Crippen LogP contribution in [0.5, 0.6) is 0 Å². The van der Waals surface area contributed by atoms with Gasteiger partial charge in [0.2, 0.25) is 0 Å². The summed E-state index contributed by atoms with van der Waals surface area (Å²) in [6, 6.07) is 0.599. The predicted octanol–water partition coefficient (Wildman–Crippen LogP) is 3.52. The molecule has 2 unspecified atom stereocenters. The van der Waals surface area contributed by atoms with Crippen LogP contribution >= 0.6 is 0 Å². The third-order valence-electron chi connectivity index (χ3n) is 3.98. The lowest BCUT2D eigenvalue weighted by Crippen LogP contribution is -2.23. The molecule has 1 N–H and O–H groups in total. The zero-order chi connectivity index (χ0) is 12.3. The maximum atomic E-state index is 3.61. The number of nitrogens with one attached hydrogen (secondary N) is 1. The van der Waals surface area contributed by atoms with Crippen LogP contribution in [0.3, 0.4) is 0 Å². The Balaban J connectivity index is 2.12. The molecule has 0 radical (unpaired) electrons. The van der Waals surface area contributed by atoms with Crippen molar-refractivity contribution >= 4 is 0 Å². The highest BCUT2D eigenvalue weighted by atomic mass is 15.0. The van der Waals surface area contributed by atoms with E-state index in [1.54, 1.807) is 11.1 Å². The molecule has 0 saturated carbocycles. The number of hydrogen-bond acceptors (Lipinski definition) is 1. The maximum Gasteiger partial charge on any atom is 0.0338 e. The third kappa shape index (κ3) is 2.92. The van der Waals surface area contributed by atoms with E-state index in [9.17, 15) is 0 Å². The van der Waals surface area contributed by atoms with Gasteiger partial charge in [0.25, 0.3) is 0 Å². The van der Waals surface area contributed by atoms with E-state index >= 15 is 0 Å². The van der Waals surface area contributed by atoms with Gasteiger partial charge in [0.1, 0.15) is 0 Å². The summed E-state index contributed by atoms with van der Waals surface area (Å²) in [5.41, 5.74) is 3.13. The van der Waals surface area contributed by atoms with Crippen LogP contribution in [0, 0.1) is 5.92 Å². The van der Waals surface area contributed by atoms with Gasteiger partial charge in [0.05, 0.1) is 0 Å². The van der Waals surface area contributed by atoms with Crippen LogP contribution < -0.4 is 5.32 Å². The first kappa shape index (κ1) is 12.7. The molecule has 1 aromatic rings. The van der Waals surface area contributed by atoms with Crippen LogP contribution in [-0.4, -0.2) is 11.1 Å². The minimum Gasteiger partial charge on any atom is -0.353 e. The molecule has 1 heterocycles. The normalized spacial score (nSPS) is 21.2. The largest absolute Gasteiger partial charge is 0.353 e. The van der Waals surface area contributed by atoms with Gasteiger partial charge in [-0.1, -0.05) is 27.2 Å². The van der Waals surface area contributed by atoms with Crippen LogP contribution in [0.2, 0.25) is 0 Å². The average molecular weight is 234 g/mol. The molecule has 0 aromatic carbocycles. The average Bonchev–Trinajstić information content (AvgIpc) is 2.72. The SMILES string of the molecule is CCNC1CCCc2cn(CC(C)CC)cc21. The lowest BCUT2D eigenvalue weighted by Gasteiger charge is -2.22. The first-order valence-corrected chi connectivity index (χ1v) is 7.16. The third-order valence-corrected chi connectivity index (χ3v) is 3.98. The Morgan fingerprint density at radius 3 is 2.94 bits per heavy atom. The predicted molar refractivity (Wildman–Crippen MR) is 73.2 cm³/mol. The van der Waals surface area contributed by atoms with Gasteiger partial charge in [-0.3, -0.25) is 0 Å². The number of aryl methyl sites for hydroxylation is 1. The van der Waals surface area contributed by atoms with Gasteiger partial charge < -0.3 is 9.88 Å². The zero-order valence-electron chi connectivity index (χ0n) is 11.5. The number of aromatic nitrogens is 1. The minimum atomic E-state index is 0.599. The van der Waals surface area contributed by atoms with Gasteiger partial charge in [-0.25, -0.2) is 0 Å². The molecule has 0 spiro atoms. The van der Waals surface area contributed by atoms with E-state index in [0.717, 1.165) is 12.5 Å². The van der Waals surface area contributed by atoms with Crippen molar-refractivity contribution in [2.24, 2.45) is 5.92 Å². The van der Waals surface area contributed by atoms with E-state index in [2.05, 4.69) is 43.0 Å². The molecule has 0 amide bonds. The summed E-state index contributed by atoms with van der Waals surface area (Å²) in [7, 11) is 0. The fourth-order valence-electron chi connectivity index (χ4n) is 2.80. The molecule has 0 bridgehead atoms. The molecular weight excluding hydrogens is 208 g/mol. The van der Waals surface area contributed by atoms with E-state index in [1.807, 2.05) is 0 Å². The lowest BCUT2D eigenvalue weighted by molar-refractivity contribution is 0.464. The quantitative estimate of drug-likeness (QED) is 0.825. The second kappa shape index (κ2) is 5.72. The Morgan fingerprint density at radius 1 is 1.41 bits per heavy atom. The monoisotopic (exact) mass is 234 g/mol. The molecular formula is C15H26N2. The summed E-state index contributed by atoms with van der Waals surface area (Å²) in [6.45, 7) is 9.05. The summed E-state index contributed by atoms with van der Waals surface area (Å²) in [4.78, 5) is 0. The molecule has 2 rings (SSSR count). The van der Waals surface area contributed by atoms with Crippen LogP contribution in [0.1, 0.15) is 57.2 Å². The zero-order valence-corrected chi connectivity index (χ0v) is 11.5. The van der Waals surface area contributed by atoms with Gasteiger partial charge >= 0.3 is 0 Å². The van der Waals surface area contributed by atoms with Crippen molar-refractivity contribution in [1.82, 2.24) is 9.88 Å². The molecule has 1 aliphatic carbocycles. The van der Waals surface area contributed by atoms with Crippen LogP contribution in [0.25, 0.3) is 0 Å². The van der Waals surface area contributed by atoms with Crippen LogP contribution in [0.15, 0.2) is 12.4 Å². The van der Waals surface area contributed by atoms with E-state index in [-0.39, 0.29) is 0 Å². The van der Waals surface area contributed by atoms with E-state index in [1.165, 1.54) is 32.2 Å². The standard InChI is InChI=1S/C15H26N2/c1-4-12(3)9-17-10-13-7-6-8-15(16-5-2)14(13)11-17/h10-12,15-16H,4-9H2,1-3H3. The van der Waals surface area contributed by atoms with Crippen molar-refractivity contribution in [3.63, 3.8) is 0 Å². The van der Waals surface area contributed by atoms with Crippen molar-refractivity contribution < 1.29 is 0 Å². The minimum absolute atomic E-state index is 0.599. The fourth-order valence-corrected chi connectivity index (χ4v) is 2.80. The molecule has 0 fully saturated rings. The number of hydrogen-bond donors (Lipinski definition) is 1. The van der Waals surface area contributed by atoms with Crippen LogP contribution in [0.4, 0.5) is 0 Å². The molecule has 1 aromatic heterocycles. The molecule has 2 heteroatoms. The van der Waals surface area contributed by atoms with Crippen molar-refractivity contribution in [1.29, 1.82) is 0 Å². The van der Waals surface area contributed by atoms with Gasteiger partial charge in [-0.05, 0) is 42.9 Å². The van der Waals surface area contributed by atoms with E-state index in [0.29, 0.717) is 6.04 Å². The van der Waals surface area contributed by atoms with Gasteiger partial charge in [-0.2, -0.15) is 0 Å². The second-order valence-electron chi connectivity index (χ2n) is 5.45. The Kier molecular flexibility index (Phi) is 4.27. The Labute approximate surface area is 105 Å².